The second kappa shape index (κ2) is 4.78. The van der Waals surface area contributed by atoms with Gasteiger partial charge in [-0.25, -0.2) is 13.2 Å². The zero-order valence-electron chi connectivity index (χ0n) is 9.71. The van der Waals surface area contributed by atoms with Gasteiger partial charge in [0.05, 0.1) is 15.4 Å². The van der Waals surface area contributed by atoms with E-state index in [2.05, 4.69) is 0 Å². The first-order chi connectivity index (χ1) is 8.46. The minimum Gasteiger partial charge on any atom is -0.478 e. The third-order valence-corrected chi connectivity index (χ3v) is 5.65. The van der Waals surface area contributed by atoms with E-state index in [4.69, 9.17) is 5.11 Å². The highest BCUT2D eigenvalue weighted by Crippen LogP contribution is 2.34. The summed E-state index contributed by atoms with van der Waals surface area (Å²) in [4.78, 5) is 11.3. The van der Waals surface area contributed by atoms with Gasteiger partial charge in [-0.15, -0.1) is 0 Å². The van der Waals surface area contributed by atoms with Crippen LogP contribution in [0.4, 0.5) is 0 Å². The van der Waals surface area contributed by atoms with Crippen molar-refractivity contribution in [3.8, 4) is 0 Å². The SMILES string of the molecule is CCSCC1=Cc2ccc(C(=O)O)cc2S1(=O)=O. The van der Waals surface area contributed by atoms with E-state index in [1.807, 2.05) is 6.92 Å². The first kappa shape index (κ1) is 13.2. The summed E-state index contributed by atoms with van der Waals surface area (Å²) in [5, 5.41) is 8.88. The maximum absolute atomic E-state index is 12.2. The lowest BCUT2D eigenvalue weighted by Gasteiger charge is -2.03. The number of benzene rings is 1. The number of carboxylic acid groups (broad SMARTS) is 1. The largest absolute Gasteiger partial charge is 0.478 e. The van der Waals surface area contributed by atoms with E-state index >= 15 is 0 Å². The normalized spacial score (nSPS) is 16.2. The molecule has 1 heterocycles. The standard InChI is InChI=1S/C12H12O4S2/c1-2-17-7-10-5-8-3-4-9(12(13)14)6-11(8)18(10,15)16/h3-6H,2,7H2,1H3,(H,13,14). The highest BCUT2D eigenvalue weighted by atomic mass is 32.2. The zero-order chi connectivity index (χ0) is 13.3. The summed E-state index contributed by atoms with van der Waals surface area (Å²) in [6.07, 6.45) is 1.62. The van der Waals surface area contributed by atoms with Crippen LogP contribution >= 0.6 is 11.8 Å². The molecule has 0 aliphatic carbocycles. The van der Waals surface area contributed by atoms with Gasteiger partial charge in [-0.1, -0.05) is 13.0 Å². The lowest BCUT2D eigenvalue weighted by atomic mass is 10.1. The van der Waals surface area contributed by atoms with Gasteiger partial charge in [-0.3, -0.25) is 0 Å². The Morgan fingerprint density at radius 3 is 2.72 bits per heavy atom. The van der Waals surface area contributed by atoms with E-state index in [0.717, 1.165) is 5.75 Å². The molecule has 1 N–H and O–H groups in total. The molecule has 0 amide bonds. The topological polar surface area (TPSA) is 71.4 Å². The average molecular weight is 284 g/mol. The highest BCUT2D eigenvalue weighted by molar-refractivity contribution is 8.02. The number of aromatic carboxylic acids is 1. The van der Waals surface area contributed by atoms with Gasteiger partial charge in [0.25, 0.3) is 0 Å². The Balaban J connectivity index is 2.45. The van der Waals surface area contributed by atoms with Gasteiger partial charge in [0.15, 0.2) is 0 Å². The van der Waals surface area contributed by atoms with Crippen LogP contribution in [0.25, 0.3) is 6.08 Å². The predicted octanol–water partition coefficient (Wildman–Crippen LogP) is 2.27. The molecule has 1 aliphatic rings. The van der Waals surface area contributed by atoms with Gasteiger partial charge in [-0.05, 0) is 29.5 Å². The van der Waals surface area contributed by atoms with Gasteiger partial charge < -0.3 is 5.11 Å². The van der Waals surface area contributed by atoms with E-state index in [1.54, 1.807) is 12.1 Å². The number of fused-ring (bicyclic) bond motifs is 1. The molecule has 0 saturated heterocycles. The van der Waals surface area contributed by atoms with Crippen molar-refractivity contribution >= 4 is 33.6 Å². The van der Waals surface area contributed by atoms with Crippen LogP contribution in [0, 0.1) is 0 Å². The molecule has 1 aromatic rings. The van der Waals surface area contributed by atoms with E-state index in [9.17, 15) is 13.2 Å². The maximum Gasteiger partial charge on any atom is 0.335 e. The summed E-state index contributed by atoms with van der Waals surface area (Å²) in [7, 11) is -3.50. The molecule has 18 heavy (non-hydrogen) atoms. The molecule has 1 aromatic carbocycles. The highest BCUT2D eigenvalue weighted by Gasteiger charge is 2.29. The first-order valence-electron chi connectivity index (χ1n) is 5.37. The number of rotatable bonds is 4. The Morgan fingerprint density at radius 2 is 2.11 bits per heavy atom. The molecule has 0 spiro atoms. The Morgan fingerprint density at radius 1 is 1.39 bits per heavy atom. The van der Waals surface area contributed by atoms with Crippen molar-refractivity contribution in [2.45, 2.75) is 11.8 Å². The number of carboxylic acids is 1. The fourth-order valence-electron chi connectivity index (χ4n) is 1.73. The Bertz CT molecular complexity index is 629. The molecule has 1 aliphatic heterocycles. The quantitative estimate of drug-likeness (QED) is 0.918. The molecular weight excluding hydrogens is 272 g/mol. The number of sulfone groups is 1. The first-order valence-corrected chi connectivity index (χ1v) is 8.01. The van der Waals surface area contributed by atoms with Crippen molar-refractivity contribution in [1.82, 2.24) is 0 Å². The fourth-order valence-corrected chi connectivity index (χ4v) is 4.38. The second-order valence-corrected chi connectivity index (χ2v) is 7.05. The van der Waals surface area contributed by atoms with Gasteiger partial charge in [-0.2, -0.15) is 11.8 Å². The van der Waals surface area contributed by atoms with Crippen LogP contribution in [0.15, 0.2) is 28.0 Å². The van der Waals surface area contributed by atoms with Crippen LogP contribution in [-0.4, -0.2) is 31.0 Å². The van der Waals surface area contributed by atoms with E-state index < -0.39 is 15.8 Å². The molecule has 0 radical (unpaired) electrons. The molecule has 0 saturated carbocycles. The van der Waals surface area contributed by atoms with Crippen molar-refractivity contribution in [1.29, 1.82) is 0 Å². The molecule has 4 nitrogen and oxygen atoms in total. The Hall–Kier alpha value is -1.27. The maximum atomic E-state index is 12.2. The van der Waals surface area contributed by atoms with Crippen LogP contribution in [0.3, 0.4) is 0 Å². The van der Waals surface area contributed by atoms with Gasteiger partial charge in [0, 0.05) is 5.75 Å². The smallest absolute Gasteiger partial charge is 0.335 e. The predicted molar refractivity (Wildman–Crippen MR) is 71.6 cm³/mol. The van der Waals surface area contributed by atoms with Gasteiger partial charge in [0.2, 0.25) is 9.84 Å². The molecule has 2 rings (SSSR count). The number of hydrogen-bond acceptors (Lipinski definition) is 4. The van der Waals surface area contributed by atoms with Gasteiger partial charge >= 0.3 is 5.97 Å². The molecule has 0 bridgehead atoms. The van der Waals surface area contributed by atoms with E-state index in [0.29, 0.717) is 16.2 Å². The summed E-state index contributed by atoms with van der Waals surface area (Å²) >= 11 is 1.52. The lowest BCUT2D eigenvalue weighted by Crippen LogP contribution is -2.05. The van der Waals surface area contributed by atoms with E-state index in [1.165, 1.54) is 23.9 Å². The van der Waals surface area contributed by atoms with Crippen molar-refractivity contribution in [3.63, 3.8) is 0 Å². The summed E-state index contributed by atoms with van der Waals surface area (Å²) in [5.41, 5.74) is 0.571. The van der Waals surface area contributed by atoms with Crippen molar-refractivity contribution in [2.24, 2.45) is 0 Å². The molecular formula is C12H12O4S2. The minimum absolute atomic E-state index is 0.00452. The van der Waals surface area contributed by atoms with Crippen molar-refractivity contribution in [2.75, 3.05) is 11.5 Å². The molecule has 0 fully saturated rings. The van der Waals surface area contributed by atoms with Crippen LogP contribution in [0.5, 0.6) is 0 Å². The number of hydrogen-bond donors (Lipinski definition) is 1. The van der Waals surface area contributed by atoms with Crippen LogP contribution in [0.1, 0.15) is 22.8 Å². The number of carbonyl (C=O) groups is 1. The lowest BCUT2D eigenvalue weighted by molar-refractivity contribution is 0.0696. The molecule has 0 unspecified atom stereocenters. The molecule has 0 aromatic heterocycles. The molecule has 6 heteroatoms. The molecule has 96 valence electrons. The monoisotopic (exact) mass is 284 g/mol. The summed E-state index contributed by atoms with van der Waals surface area (Å²) < 4.78 is 24.4. The summed E-state index contributed by atoms with van der Waals surface area (Å²) in [6, 6.07) is 4.19. The second-order valence-electron chi connectivity index (χ2n) is 3.81. The van der Waals surface area contributed by atoms with Gasteiger partial charge in [0.1, 0.15) is 0 Å². The van der Waals surface area contributed by atoms with Crippen LogP contribution in [-0.2, 0) is 9.84 Å². The van der Waals surface area contributed by atoms with Crippen molar-refractivity contribution < 1.29 is 18.3 Å². The van der Waals surface area contributed by atoms with Crippen molar-refractivity contribution in [3.05, 3.63) is 34.2 Å². The van der Waals surface area contributed by atoms with Crippen LogP contribution < -0.4 is 0 Å². The Labute approximate surface area is 110 Å². The Kier molecular flexibility index (Phi) is 3.49. The average Bonchev–Trinajstić information content (AvgIpc) is 2.58. The van der Waals surface area contributed by atoms with Crippen LogP contribution in [0.2, 0.25) is 0 Å². The third-order valence-electron chi connectivity index (χ3n) is 2.66. The zero-order valence-corrected chi connectivity index (χ0v) is 11.3. The summed E-state index contributed by atoms with van der Waals surface area (Å²) in [6.45, 7) is 1.96. The summed E-state index contributed by atoms with van der Waals surface area (Å²) in [5.74, 6) is 0.142. The fraction of sp³-hybridized carbons (Fsp3) is 0.250. The molecule has 0 atom stereocenters. The third kappa shape index (κ3) is 2.18. The van der Waals surface area contributed by atoms with E-state index in [-0.39, 0.29) is 10.5 Å². The minimum atomic E-state index is -3.50. The number of thioether (sulfide) groups is 1.